The molecule has 4 heteroatoms. The van der Waals surface area contributed by atoms with Crippen LogP contribution in [0.2, 0.25) is 0 Å². The second kappa shape index (κ2) is 13.6. The number of benzene rings is 2. The number of anilines is 1. The molecule has 0 amide bonds. The Bertz CT molecular complexity index is 1080. The maximum absolute atomic E-state index is 5.71. The summed E-state index contributed by atoms with van der Waals surface area (Å²) in [6.07, 6.45) is 14.4. The molecule has 178 valence electrons. The van der Waals surface area contributed by atoms with Crippen LogP contribution in [0, 0.1) is 0 Å². The van der Waals surface area contributed by atoms with Gasteiger partial charge in [-0.15, -0.1) is 0 Å². The molecule has 0 bridgehead atoms. The van der Waals surface area contributed by atoms with E-state index in [1.165, 1.54) is 11.1 Å². The third-order valence-electron chi connectivity index (χ3n) is 4.86. The Balaban J connectivity index is 0.000000241. The van der Waals surface area contributed by atoms with Crippen molar-refractivity contribution >= 4 is 5.69 Å². The van der Waals surface area contributed by atoms with Crippen molar-refractivity contribution in [3.05, 3.63) is 126 Å². The van der Waals surface area contributed by atoms with Crippen LogP contribution in [-0.4, -0.2) is 0 Å². The number of allylic oxidation sites excluding steroid dienone is 9. The smallest absolute Gasteiger partial charge is 0.127 e. The minimum atomic E-state index is 0.524. The van der Waals surface area contributed by atoms with Gasteiger partial charge in [0.1, 0.15) is 23.0 Å². The molecule has 0 aliphatic heterocycles. The molecule has 3 rings (SSSR count). The summed E-state index contributed by atoms with van der Waals surface area (Å²) in [5, 5.41) is 0. The van der Waals surface area contributed by atoms with Gasteiger partial charge in [0.2, 0.25) is 0 Å². The molecule has 0 saturated heterocycles. The fourth-order valence-corrected chi connectivity index (χ4v) is 2.86. The van der Waals surface area contributed by atoms with Gasteiger partial charge in [0.25, 0.3) is 0 Å². The first-order valence-electron chi connectivity index (χ1n) is 11.4. The van der Waals surface area contributed by atoms with Crippen LogP contribution in [0.1, 0.15) is 45.6 Å². The van der Waals surface area contributed by atoms with Gasteiger partial charge in [-0.1, -0.05) is 50.3 Å². The van der Waals surface area contributed by atoms with Crippen LogP contribution in [0.3, 0.4) is 0 Å². The fraction of sp³-hybridized carbons (Fsp3) is 0.200. The van der Waals surface area contributed by atoms with Gasteiger partial charge < -0.3 is 20.9 Å². The van der Waals surface area contributed by atoms with E-state index in [-0.39, 0.29) is 0 Å². The Labute approximate surface area is 204 Å². The molecule has 0 atom stereocenters. The van der Waals surface area contributed by atoms with E-state index >= 15 is 0 Å². The average Bonchev–Trinajstić information content (AvgIpc) is 3.02. The molecular weight excluding hydrogens is 420 g/mol. The summed E-state index contributed by atoms with van der Waals surface area (Å²) in [7, 11) is 0. The highest BCUT2D eigenvalue weighted by Crippen LogP contribution is 2.21. The number of nitrogens with two attached hydrogens (primary N) is 2. The Hall–Kier alpha value is -3.92. The summed E-state index contributed by atoms with van der Waals surface area (Å²) in [5.74, 6) is 3.65. The molecule has 0 radical (unpaired) electrons. The molecule has 0 unspecified atom stereocenters. The van der Waals surface area contributed by atoms with Gasteiger partial charge in [-0.05, 0) is 98.5 Å². The lowest BCUT2D eigenvalue weighted by atomic mass is 10.0. The summed E-state index contributed by atoms with van der Waals surface area (Å²) >= 11 is 0. The van der Waals surface area contributed by atoms with E-state index < -0.39 is 0 Å². The zero-order valence-corrected chi connectivity index (χ0v) is 20.6. The zero-order valence-electron chi connectivity index (χ0n) is 20.6. The molecule has 34 heavy (non-hydrogen) atoms. The van der Waals surface area contributed by atoms with Crippen molar-refractivity contribution in [2.45, 2.75) is 40.0 Å². The number of ether oxygens (including phenoxy) is 2. The first kappa shape index (κ1) is 26.3. The van der Waals surface area contributed by atoms with E-state index in [0.717, 1.165) is 35.1 Å². The number of nitrogen functional groups attached to an aromatic ring is 1. The summed E-state index contributed by atoms with van der Waals surface area (Å²) < 4.78 is 11.4. The molecule has 0 saturated carbocycles. The topological polar surface area (TPSA) is 70.5 Å². The monoisotopic (exact) mass is 456 g/mol. The molecule has 1 aliphatic carbocycles. The lowest BCUT2D eigenvalue weighted by molar-refractivity contribution is 0.444. The van der Waals surface area contributed by atoms with Crippen molar-refractivity contribution in [2.24, 2.45) is 5.73 Å². The first-order chi connectivity index (χ1) is 16.3. The Morgan fingerprint density at radius 2 is 1.62 bits per heavy atom. The molecule has 4 N–H and O–H groups in total. The Morgan fingerprint density at radius 3 is 2.21 bits per heavy atom. The number of hydrogen-bond donors (Lipinski definition) is 2. The molecule has 0 heterocycles. The second-order valence-electron chi connectivity index (χ2n) is 8.37. The summed E-state index contributed by atoms with van der Waals surface area (Å²) in [6, 6.07) is 15.5. The maximum Gasteiger partial charge on any atom is 0.127 e. The lowest BCUT2D eigenvalue weighted by Gasteiger charge is -2.08. The van der Waals surface area contributed by atoms with Crippen LogP contribution in [-0.2, 0) is 0 Å². The van der Waals surface area contributed by atoms with Crippen LogP contribution >= 0.6 is 0 Å². The van der Waals surface area contributed by atoms with Gasteiger partial charge in [-0.2, -0.15) is 0 Å². The van der Waals surface area contributed by atoms with Crippen LogP contribution in [0.25, 0.3) is 0 Å². The highest BCUT2D eigenvalue weighted by Gasteiger charge is 2.01. The second-order valence-corrected chi connectivity index (χ2v) is 8.37. The van der Waals surface area contributed by atoms with E-state index in [1.54, 1.807) is 18.2 Å². The van der Waals surface area contributed by atoms with Crippen LogP contribution in [0.15, 0.2) is 120 Å². The number of hydrogen-bond acceptors (Lipinski definition) is 4. The van der Waals surface area contributed by atoms with E-state index in [4.69, 9.17) is 20.9 Å². The lowest BCUT2D eigenvalue weighted by Crippen LogP contribution is -1.94. The highest BCUT2D eigenvalue weighted by atomic mass is 16.5. The summed E-state index contributed by atoms with van der Waals surface area (Å²) in [4.78, 5) is 0. The predicted octanol–water partition coefficient (Wildman–Crippen LogP) is 7.56. The Morgan fingerprint density at radius 1 is 0.971 bits per heavy atom. The van der Waals surface area contributed by atoms with E-state index in [0.29, 0.717) is 11.7 Å². The van der Waals surface area contributed by atoms with E-state index in [1.807, 2.05) is 55.5 Å². The Kier molecular flexibility index (Phi) is 10.5. The SMILES string of the molecule is C=C/C(=C\C=C(/C)N)Oc1ccc(C(C)C)cc1.CC1=CC=C(Oc2ccc(N)cc2)C=CC1. The maximum atomic E-state index is 5.71. The molecule has 2 aromatic carbocycles. The van der Waals surface area contributed by atoms with Crippen molar-refractivity contribution in [1.29, 1.82) is 0 Å². The molecule has 0 aromatic heterocycles. The van der Waals surface area contributed by atoms with Gasteiger partial charge in [-0.25, -0.2) is 0 Å². The highest BCUT2D eigenvalue weighted by molar-refractivity contribution is 5.42. The van der Waals surface area contributed by atoms with Gasteiger partial charge in [0.05, 0.1) is 0 Å². The minimum absolute atomic E-state index is 0.524. The van der Waals surface area contributed by atoms with Crippen LogP contribution in [0.4, 0.5) is 5.69 Å². The normalized spacial score (nSPS) is 13.8. The van der Waals surface area contributed by atoms with E-state index in [9.17, 15) is 0 Å². The van der Waals surface area contributed by atoms with Gasteiger partial charge in [0, 0.05) is 11.4 Å². The molecule has 4 nitrogen and oxygen atoms in total. The molecule has 2 aromatic rings. The van der Waals surface area contributed by atoms with Gasteiger partial charge >= 0.3 is 0 Å². The van der Waals surface area contributed by atoms with E-state index in [2.05, 4.69) is 51.6 Å². The number of rotatable bonds is 7. The largest absolute Gasteiger partial charge is 0.457 e. The standard InChI is InChI=1S/C16H21NO.C14H15NO/c1-5-15(9-6-13(4)17)18-16-10-7-14(8-11-16)12(2)3;1-11-3-2-4-13(8-5-11)16-14-9-6-12(15)7-10-14/h5-12H,1,17H2,2-4H3;2,4-10H,3,15H2,1H3/b13-6+,15-9+;. The van der Waals surface area contributed by atoms with Crippen molar-refractivity contribution < 1.29 is 9.47 Å². The zero-order chi connectivity index (χ0) is 24.9. The summed E-state index contributed by atoms with van der Waals surface area (Å²) in [5.41, 5.74) is 15.3. The fourth-order valence-electron chi connectivity index (χ4n) is 2.86. The van der Waals surface area contributed by atoms with Crippen molar-refractivity contribution in [3.63, 3.8) is 0 Å². The van der Waals surface area contributed by atoms with Crippen molar-refractivity contribution in [2.75, 3.05) is 5.73 Å². The molecule has 1 aliphatic rings. The van der Waals surface area contributed by atoms with Gasteiger partial charge in [-0.3, -0.25) is 0 Å². The molecule has 0 spiro atoms. The minimum Gasteiger partial charge on any atom is -0.457 e. The van der Waals surface area contributed by atoms with Crippen LogP contribution in [0.5, 0.6) is 11.5 Å². The van der Waals surface area contributed by atoms with Gasteiger partial charge in [0.15, 0.2) is 0 Å². The van der Waals surface area contributed by atoms with Crippen molar-refractivity contribution in [1.82, 2.24) is 0 Å². The van der Waals surface area contributed by atoms with Crippen molar-refractivity contribution in [3.8, 4) is 11.5 Å². The predicted molar refractivity (Wildman–Crippen MR) is 144 cm³/mol. The summed E-state index contributed by atoms with van der Waals surface area (Å²) in [6.45, 7) is 12.0. The first-order valence-corrected chi connectivity index (χ1v) is 11.4. The average molecular weight is 457 g/mol. The molecular formula is C30H36N2O2. The molecule has 0 fully saturated rings. The third kappa shape index (κ3) is 9.70. The quantitative estimate of drug-likeness (QED) is 0.256. The third-order valence-corrected chi connectivity index (χ3v) is 4.86. The van der Waals surface area contributed by atoms with Crippen LogP contribution < -0.4 is 20.9 Å².